The minimum absolute atomic E-state index is 0.346. The summed E-state index contributed by atoms with van der Waals surface area (Å²) in [6, 6.07) is 4.61. The lowest BCUT2D eigenvalue weighted by Crippen LogP contribution is -2.25. The van der Waals surface area contributed by atoms with Gasteiger partial charge in [-0.3, -0.25) is 4.98 Å². The summed E-state index contributed by atoms with van der Waals surface area (Å²) in [5.74, 6) is 0.531. The Balaban J connectivity index is 2.85. The van der Waals surface area contributed by atoms with Crippen molar-refractivity contribution in [2.75, 3.05) is 20.8 Å². The van der Waals surface area contributed by atoms with E-state index in [4.69, 9.17) is 4.74 Å². The molecule has 0 fully saturated rings. The molecule has 0 radical (unpaired) electrons. The van der Waals surface area contributed by atoms with Gasteiger partial charge in [-0.2, -0.15) is 0 Å². The van der Waals surface area contributed by atoms with Crippen molar-refractivity contribution in [1.82, 2.24) is 10.3 Å². The predicted octanol–water partition coefficient (Wildman–Crippen LogP) is 2.63. The number of nitrogens with zero attached hydrogens (tertiary/aromatic N) is 1. The lowest BCUT2D eigenvalue weighted by molar-refractivity contribution is 0.171. The molecule has 1 aromatic heterocycles. The van der Waals surface area contributed by atoms with Crippen LogP contribution >= 0.6 is 0 Å². The highest BCUT2D eigenvalue weighted by Crippen LogP contribution is 2.26. The zero-order chi connectivity index (χ0) is 12.8. The van der Waals surface area contributed by atoms with E-state index in [0.29, 0.717) is 12.0 Å². The molecule has 1 heterocycles. The van der Waals surface area contributed by atoms with Gasteiger partial charge in [0.2, 0.25) is 0 Å². The summed E-state index contributed by atoms with van der Waals surface area (Å²) in [6.07, 6.45) is 1.05. The van der Waals surface area contributed by atoms with Gasteiger partial charge in [0.05, 0.1) is 0 Å². The summed E-state index contributed by atoms with van der Waals surface area (Å²) in [5.41, 5.74) is 3.49. The molecule has 0 saturated carbocycles. The van der Waals surface area contributed by atoms with Crippen LogP contribution in [0.15, 0.2) is 12.1 Å². The zero-order valence-electron chi connectivity index (χ0n) is 11.6. The van der Waals surface area contributed by atoms with E-state index in [-0.39, 0.29) is 0 Å². The van der Waals surface area contributed by atoms with E-state index in [1.165, 1.54) is 5.56 Å². The first-order chi connectivity index (χ1) is 8.10. The van der Waals surface area contributed by atoms with Crippen molar-refractivity contribution in [3.8, 4) is 0 Å². The summed E-state index contributed by atoms with van der Waals surface area (Å²) in [4.78, 5) is 4.53. The first-order valence-corrected chi connectivity index (χ1v) is 6.20. The molecule has 3 heteroatoms. The zero-order valence-corrected chi connectivity index (χ0v) is 11.6. The van der Waals surface area contributed by atoms with Crippen LogP contribution < -0.4 is 5.32 Å². The highest BCUT2D eigenvalue weighted by Gasteiger charge is 2.19. The van der Waals surface area contributed by atoms with Crippen LogP contribution in [0.5, 0.6) is 0 Å². The Hall–Kier alpha value is -0.930. The number of pyridine rings is 1. The molecule has 0 spiro atoms. The van der Waals surface area contributed by atoms with E-state index in [9.17, 15) is 0 Å². The second-order valence-corrected chi connectivity index (χ2v) is 4.65. The summed E-state index contributed by atoms with van der Waals surface area (Å²) in [6.45, 7) is 7.16. The molecule has 0 aliphatic carbocycles. The Kier molecular flexibility index (Phi) is 5.59. The number of aromatic nitrogens is 1. The van der Waals surface area contributed by atoms with Crippen LogP contribution in [0, 0.1) is 19.8 Å². The van der Waals surface area contributed by atoms with Crippen molar-refractivity contribution in [3.63, 3.8) is 0 Å². The van der Waals surface area contributed by atoms with Gasteiger partial charge in [0, 0.05) is 31.1 Å². The van der Waals surface area contributed by atoms with Crippen molar-refractivity contribution in [2.45, 2.75) is 33.2 Å². The van der Waals surface area contributed by atoms with Gasteiger partial charge in [-0.1, -0.05) is 13.0 Å². The maximum absolute atomic E-state index is 5.15. The second-order valence-electron chi connectivity index (χ2n) is 4.65. The lowest BCUT2D eigenvalue weighted by atomic mass is 9.91. The molecule has 0 aromatic carbocycles. The summed E-state index contributed by atoms with van der Waals surface area (Å²) >= 11 is 0. The van der Waals surface area contributed by atoms with E-state index in [1.807, 2.05) is 14.0 Å². The molecule has 0 saturated heterocycles. The Morgan fingerprint density at radius 3 is 2.59 bits per heavy atom. The third-order valence-electron chi connectivity index (χ3n) is 3.26. The molecular formula is C14H24N2O. The Labute approximate surface area is 105 Å². The predicted molar refractivity (Wildman–Crippen MR) is 71.2 cm³/mol. The van der Waals surface area contributed by atoms with Crippen molar-refractivity contribution in [2.24, 2.45) is 5.92 Å². The first-order valence-electron chi connectivity index (χ1n) is 6.20. The van der Waals surface area contributed by atoms with E-state index in [0.717, 1.165) is 24.4 Å². The minimum Gasteiger partial charge on any atom is -0.385 e. The van der Waals surface area contributed by atoms with Crippen molar-refractivity contribution >= 4 is 0 Å². The molecule has 96 valence electrons. The third-order valence-corrected chi connectivity index (χ3v) is 3.26. The SMILES string of the molecule is CNC(c1ccc(C)nc1C)C(C)CCOC. The largest absolute Gasteiger partial charge is 0.385 e. The number of rotatable bonds is 6. The number of methoxy groups -OCH3 is 1. The van der Waals surface area contributed by atoms with Gasteiger partial charge in [-0.05, 0) is 44.9 Å². The van der Waals surface area contributed by atoms with Crippen LogP contribution in [0.2, 0.25) is 0 Å². The molecule has 2 atom stereocenters. The average molecular weight is 236 g/mol. The standard InChI is InChI=1S/C14H24N2O/c1-10(8-9-17-5)14(15-4)13-7-6-11(2)16-12(13)3/h6-7,10,14-15H,8-9H2,1-5H3. The molecule has 3 nitrogen and oxygen atoms in total. The maximum atomic E-state index is 5.15. The molecule has 0 aliphatic rings. The fourth-order valence-corrected chi connectivity index (χ4v) is 2.24. The van der Waals surface area contributed by atoms with Crippen molar-refractivity contribution in [3.05, 3.63) is 29.1 Å². The lowest BCUT2D eigenvalue weighted by Gasteiger charge is -2.25. The van der Waals surface area contributed by atoms with Gasteiger partial charge in [0.25, 0.3) is 0 Å². The van der Waals surface area contributed by atoms with Crippen LogP contribution in [-0.4, -0.2) is 25.7 Å². The molecule has 1 aromatic rings. The number of hydrogen-bond acceptors (Lipinski definition) is 3. The van der Waals surface area contributed by atoms with E-state index >= 15 is 0 Å². The minimum atomic E-state index is 0.346. The van der Waals surface area contributed by atoms with Gasteiger partial charge in [0.15, 0.2) is 0 Å². The smallest absolute Gasteiger partial charge is 0.0465 e. The Morgan fingerprint density at radius 1 is 1.35 bits per heavy atom. The fraction of sp³-hybridized carbons (Fsp3) is 0.643. The molecule has 0 amide bonds. The van der Waals surface area contributed by atoms with Crippen LogP contribution in [0.4, 0.5) is 0 Å². The highest BCUT2D eigenvalue weighted by molar-refractivity contribution is 5.25. The number of nitrogens with one attached hydrogen (secondary N) is 1. The van der Waals surface area contributed by atoms with Crippen molar-refractivity contribution in [1.29, 1.82) is 0 Å². The van der Waals surface area contributed by atoms with E-state index in [1.54, 1.807) is 7.11 Å². The topological polar surface area (TPSA) is 34.2 Å². The van der Waals surface area contributed by atoms with E-state index < -0.39 is 0 Å². The molecule has 0 bridgehead atoms. The highest BCUT2D eigenvalue weighted by atomic mass is 16.5. The van der Waals surface area contributed by atoms with Crippen LogP contribution in [0.1, 0.15) is 36.3 Å². The fourth-order valence-electron chi connectivity index (χ4n) is 2.24. The normalized spacial score (nSPS) is 14.6. The molecule has 17 heavy (non-hydrogen) atoms. The summed E-state index contributed by atoms with van der Waals surface area (Å²) in [5, 5.41) is 3.39. The van der Waals surface area contributed by atoms with Crippen molar-refractivity contribution < 1.29 is 4.74 Å². The maximum Gasteiger partial charge on any atom is 0.0465 e. The number of aryl methyl sites for hydroxylation is 2. The quantitative estimate of drug-likeness (QED) is 0.824. The van der Waals surface area contributed by atoms with Gasteiger partial charge in [-0.15, -0.1) is 0 Å². The summed E-state index contributed by atoms with van der Waals surface area (Å²) < 4.78 is 5.15. The van der Waals surface area contributed by atoms with Gasteiger partial charge in [0.1, 0.15) is 0 Å². The second kappa shape index (κ2) is 6.72. The van der Waals surface area contributed by atoms with Gasteiger partial charge in [-0.25, -0.2) is 0 Å². The Morgan fingerprint density at radius 2 is 2.06 bits per heavy atom. The number of ether oxygens (including phenoxy) is 1. The van der Waals surface area contributed by atoms with Crippen LogP contribution in [-0.2, 0) is 4.74 Å². The molecule has 1 N–H and O–H groups in total. The molecular weight excluding hydrogens is 212 g/mol. The van der Waals surface area contributed by atoms with Crippen LogP contribution in [0.25, 0.3) is 0 Å². The van der Waals surface area contributed by atoms with E-state index in [2.05, 4.69) is 36.3 Å². The number of hydrogen-bond donors (Lipinski definition) is 1. The monoisotopic (exact) mass is 236 g/mol. The summed E-state index contributed by atoms with van der Waals surface area (Å²) in [7, 11) is 3.76. The van der Waals surface area contributed by atoms with Crippen LogP contribution in [0.3, 0.4) is 0 Å². The Bertz CT molecular complexity index is 352. The molecule has 2 unspecified atom stereocenters. The molecule has 0 aliphatic heterocycles. The van der Waals surface area contributed by atoms with Gasteiger partial charge < -0.3 is 10.1 Å². The first kappa shape index (κ1) is 14.1. The average Bonchev–Trinajstić information content (AvgIpc) is 2.30. The van der Waals surface area contributed by atoms with Gasteiger partial charge >= 0.3 is 0 Å². The molecule has 1 rings (SSSR count). The third kappa shape index (κ3) is 3.79.